The minimum Gasteiger partial charge on any atom is -0.493 e. The van der Waals surface area contributed by atoms with Crippen molar-refractivity contribution in [3.8, 4) is 16.9 Å². The zero-order chi connectivity index (χ0) is 22.1. The largest absolute Gasteiger partial charge is 0.493 e. The van der Waals surface area contributed by atoms with E-state index in [0.29, 0.717) is 17.0 Å². The molecule has 0 aliphatic rings. The topological polar surface area (TPSA) is 81.7 Å². The molecule has 6 heteroatoms. The summed E-state index contributed by atoms with van der Waals surface area (Å²) in [6.45, 7) is 1.22. The third-order valence-corrected chi connectivity index (χ3v) is 4.49. The van der Waals surface area contributed by atoms with Crippen LogP contribution in [-0.2, 0) is 14.3 Å². The first-order valence-electron chi connectivity index (χ1n) is 9.86. The first kappa shape index (κ1) is 21.8. The summed E-state index contributed by atoms with van der Waals surface area (Å²) in [5, 5.41) is 2.79. The molecule has 3 aromatic rings. The van der Waals surface area contributed by atoms with Crippen LogP contribution in [0.25, 0.3) is 11.1 Å². The molecule has 31 heavy (non-hydrogen) atoms. The van der Waals surface area contributed by atoms with Gasteiger partial charge in [-0.3, -0.25) is 14.4 Å². The van der Waals surface area contributed by atoms with Crippen molar-refractivity contribution in [3.63, 3.8) is 0 Å². The zero-order valence-corrected chi connectivity index (χ0v) is 17.2. The van der Waals surface area contributed by atoms with Crippen LogP contribution in [0.1, 0.15) is 23.7 Å². The molecule has 1 N–H and O–H groups in total. The quantitative estimate of drug-likeness (QED) is 0.409. The molecule has 3 rings (SSSR count). The van der Waals surface area contributed by atoms with Crippen LogP contribution >= 0.6 is 0 Å². The number of benzene rings is 3. The highest BCUT2D eigenvalue weighted by molar-refractivity contribution is 5.97. The van der Waals surface area contributed by atoms with Crippen molar-refractivity contribution < 1.29 is 23.9 Å². The summed E-state index contributed by atoms with van der Waals surface area (Å²) in [5.74, 6) is -0.433. The summed E-state index contributed by atoms with van der Waals surface area (Å²) in [5.41, 5.74) is 3.09. The molecule has 6 nitrogen and oxygen atoms in total. The van der Waals surface area contributed by atoms with Gasteiger partial charge in [-0.2, -0.15) is 0 Å². The van der Waals surface area contributed by atoms with Gasteiger partial charge in [0.05, 0.1) is 13.0 Å². The Morgan fingerprint density at radius 3 is 2.23 bits per heavy atom. The molecular formula is C25H23NO5. The van der Waals surface area contributed by atoms with E-state index in [0.717, 1.165) is 11.1 Å². The minimum absolute atomic E-state index is 0.00232. The van der Waals surface area contributed by atoms with Crippen LogP contribution in [-0.4, -0.2) is 30.9 Å². The molecule has 0 spiro atoms. The highest BCUT2D eigenvalue weighted by atomic mass is 16.5. The number of nitrogens with one attached hydrogen (secondary N) is 1. The smallest absolute Gasteiger partial charge is 0.309 e. The molecule has 3 aromatic carbocycles. The Kier molecular flexibility index (Phi) is 7.54. The molecule has 0 atom stereocenters. The van der Waals surface area contributed by atoms with E-state index in [9.17, 15) is 14.4 Å². The van der Waals surface area contributed by atoms with Crippen LogP contribution in [0.3, 0.4) is 0 Å². The molecule has 0 radical (unpaired) electrons. The van der Waals surface area contributed by atoms with Gasteiger partial charge in [0.2, 0.25) is 0 Å². The Morgan fingerprint density at radius 1 is 0.839 bits per heavy atom. The summed E-state index contributed by atoms with van der Waals surface area (Å²) in [4.78, 5) is 35.4. The van der Waals surface area contributed by atoms with E-state index in [2.05, 4.69) is 5.32 Å². The summed E-state index contributed by atoms with van der Waals surface area (Å²) in [6, 6.07) is 23.8. The van der Waals surface area contributed by atoms with Gasteiger partial charge in [-0.25, -0.2) is 0 Å². The van der Waals surface area contributed by atoms with Gasteiger partial charge in [0.25, 0.3) is 5.91 Å². The summed E-state index contributed by atoms with van der Waals surface area (Å²) in [6.07, 6.45) is 0.00232. The monoisotopic (exact) mass is 417 g/mol. The number of amides is 1. The van der Waals surface area contributed by atoms with Crippen LogP contribution in [0, 0.1) is 0 Å². The molecule has 0 bridgehead atoms. The molecule has 158 valence electrons. The summed E-state index contributed by atoms with van der Waals surface area (Å²) in [7, 11) is 0. The van der Waals surface area contributed by atoms with Gasteiger partial charge in [0, 0.05) is 16.8 Å². The molecule has 1 amide bonds. The van der Waals surface area contributed by atoms with Gasteiger partial charge in [-0.15, -0.1) is 0 Å². The normalized spacial score (nSPS) is 10.2. The first-order chi connectivity index (χ1) is 15.0. The maximum Gasteiger partial charge on any atom is 0.309 e. The number of rotatable bonds is 9. The van der Waals surface area contributed by atoms with E-state index >= 15 is 0 Å². The van der Waals surface area contributed by atoms with Gasteiger partial charge in [0.1, 0.15) is 5.75 Å². The predicted molar refractivity (Wildman–Crippen MR) is 118 cm³/mol. The van der Waals surface area contributed by atoms with Crippen molar-refractivity contribution in [1.82, 2.24) is 0 Å². The Bertz CT molecular complexity index is 1050. The number of Topliss-reactive ketones (excluding diaryl/α,β-unsaturated/α-hetero) is 1. The molecule has 0 fully saturated rings. The molecule has 0 aliphatic carbocycles. The molecule has 0 unspecified atom stereocenters. The number of ketones is 1. The van der Waals surface area contributed by atoms with Gasteiger partial charge in [-0.1, -0.05) is 48.5 Å². The van der Waals surface area contributed by atoms with Crippen LogP contribution < -0.4 is 10.1 Å². The Hall–Kier alpha value is -3.93. The highest BCUT2D eigenvalue weighted by Gasteiger charge is 2.11. The Labute approximate surface area is 180 Å². The van der Waals surface area contributed by atoms with Crippen molar-refractivity contribution in [2.45, 2.75) is 13.3 Å². The predicted octanol–water partition coefficient (Wildman–Crippen LogP) is 4.51. The fraction of sp³-hybridized carbons (Fsp3) is 0.160. The Balaban J connectivity index is 1.44. The fourth-order valence-corrected chi connectivity index (χ4v) is 2.90. The first-order valence-corrected chi connectivity index (χ1v) is 9.86. The van der Waals surface area contributed by atoms with Crippen molar-refractivity contribution >= 4 is 23.3 Å². The third-order valence-electron chi connectivity index (χ3n) is 4.49. The second kappa shape index (κ2) is 10.7. The van der Waals surface area contributed by atoms with E-state index in [-0.39, 0.29) is 25.4 Å². The lowest BCUT2D eigenvalue weighted by molar-refractivity contribution is -0.147. The van der Waals surface area contributed by atoms with Crippen molar-refractivity contribution in [2.24, 2.45) is 0 Å². The second-order valence-electron chi connectivity index (χ2n) is 6.80. The fourth-order valence-electron chi connectivity index (χ4n) is 2.90. The van der Waals surface area contributed by atoms with Crippen LogP contribution in [0.5, 0.6) is 5.75 Å². The number of ether oxygens (including phenoxy) is 2. The lowest BCUT2D eigenvalue weighted by Crippen LogP contribution is -2.22. The van der Waals surface area contributed by atoms with E-state index in [1.165, 1.54) is 6.92 Å². The van der Waals surface area contributed by atoms with E-state index < -0.39 is 11.9 Å². The number of hydrogen-bond donors (Lipinski definition) is 1. The molecular weight excluding hydrogens is 394 g/mol. The molecule has 0 saturated carbocycles. The van der Waals surface area contributed by atoms with Crippen molar-refractivity contribution in [1.29, 1.82) is 0 Å². The molecule has 0 aromatic heterocycles. The summed E-state index contributed by atoms with van der Waals surface area (Å²) >= 11 is 0. The Morgan fingerprint density at radius 2 is 1.52 bits per heavy atom. The number of carbonyl (C=O) groups is 3. The van der Waals surface area contributed by atoms with Crippen molar-refractivity contribution in [3.05, 3.63) is 84.4 Å². The number of para-hydroxylation sites is 1. The van der Waals surface area contributed by atoms with Gasteiger partial charge < -0.3 is 14.8 Å². The summed E-state index contributed by atoms with van der Waals surface area (Å²) < 4.78 is 10.5. The average Bonchev–Trinajstić information content (AvgIpc) is 2.79. The van der Waals surface area contributed by atoms with E-state index in [4.69, 9.17) is 9.47 Å². The minimum atomic E-state index is -0.535. The van der Waals surface area contributed by atoms with Crippen LogP contribution in [0.4, 0.5) is 5.69 Å². The maximum absolute atomic E-state index is 12.2. The lowest BCUT2D eigenvalue weighted by atomic mass is 10.0. The highest BCUT2D eigenvalue weighted by Crippen LogP contribution is 2.27. The molecule has 0 saturated heterocycles. The van der Waals surface area contributed by atoms with E-state index in [1.54, 1.807) is 30.3 Å². The van der Waals surface area contributed by atoms with E-state index in [1.807, 2.05) is 48.5 Å². The van der Waals surface area contributed by atoms with Gasteiger partial charge >= 0.3 is 5.97 Å². The SMILES string of the molecule is CC(=O)c1ccc(OCCC(=O)OCC(=O)Nc2ccccc2-c2ccccc2)cc1. The van der Waals surface area contributed by atoms with Crippen LogP contribution in [0.2, 0.25) is 0 Å². The zero-order valence-electron chi connectivity index (χ0n) is 17.2. The van der Waals surface area contributed by atoms with Crippen molar-refractivity contribution in [2.75, 3.05) is 18.5 Å². The number of anilines is 1. The second-order valence-corrected chi connectivity index (χ2v) is 6.80. The van der Waals surface area contributed by atoms with Gasteiger partial charge in [0.15, 0.2) is 12.4 Å². The average molecular weight is 417 g/mol. The third kappa shape index (κ3) is 6.54. The lowest BCUT2D eigenvalue weighted by Gasteiger charge is -2.12. The van der Waals surface area contributed by atoms with Gasteiger partial charge in [-0.05, 0) is 42.8 Å². The molecule has 0 heterocycles. The number of hydrogen-bond acceptors (Lipinski definition) is 5. The molecule has 0 aliphatic heterocycles. The number of esters is 1. The maximum atomic E-state index is 12.2. The standard InChI is InChI=1S/C25H23NO5/c1-18(27)19-11-13-21(14-12-19)30-16-15-25(29)31-17-24(28)26-23-10-6-5-9-22(23)20-7-3-2-4-8-20/h2-14H,15-17H2,1H3,(H,26,28). The number of carbonyl (C=O) groups excluding carboxylic acids is 3. The van der Waals surface area contributed by atoms with Crippen LogP contribution in [0.15, 0.2) is 78.9 Å².